The summed E-state index contributed by atoms with van der Waals surface area (Å²) in [4.78, 5) is 23.7. The maximum atomic E-state index is 12.3. The van der Waals surface area contributed by atoms with Crippen LogP contribution in [0.3, 0.4) is 0 Å². The van der Waals surface area contributed by atoms with Crippen LogP contribution < -0.4 is 21.7 Å². The maximum Gasteiger partial charge on any atom is 0.306 e. The van der Waals surface area contributed by atoms with Crippen LogP contribution in [0.25, 0.3) is 0 Å². The van der Waals surface area contributed by atoms with E-state index in [0.717, 1.165) is 35.1 Å². The van der Waals surface area contributed by atoms with Crippen molar-refractivity contribution >= 4 is 123 Å². The zero-order valence-corrected chi connectivity index (χ0v) is 25.2. The van der Waals surface area contributed by atoms with Gasteiger partial charge < -0.3 is 26.8 Å². The molecule has 0 spiro atoms. The van der Waals surface area contributed by atoms with Gasteiger partial charge in [-0.1, -0.05) is 6.92 Å². The van der Waals surface area contributed by atoms with Crippen molar-refractivity contribution < 1.29 is 14.7 Å². The predicted molar refractivity (Wildman–Crippen MR) is 155 cm³/mol. The molecule has 0 bridgehead atoms. The predicted octanol–water partition coefficient (Wildman–Crippen LogP) is 3.50. The van der Waals surface area contributed by atoms with Crippen molar-refractivity contribution in [3.8, 4) is 0 Å². The first kappa shape index (κ1) is 35.7. The topological polar surface area (TPSA) is 116 Å². The van der Waals surface area contributed by atoms with Gasteiger partial charge in [0.1, 0.15) is 0 Å². The summed E-state index contributed by atoms with van der Waals surface area (Å²) in [6, 6.07) is 1.98. The van der Waals surface area contributed by atoms with Crippen molar-refractivity contribution in [3.05, 3.63) is 22.3 Å². The van der Waals surface area contributed by atoms with E-state index in [1.54, 1.807) is 0 Å². The Balaban J connectivity index is -0.00000243. The summed E-state index contributed by atoms with van der Waals surface area (Å²) in [7, 11) is 0. The summed E-state index contributed by atoms with van der Waals surface area (Å²) < 4.78 is 2.86. The van der Waals surface area contributed by atoms with E-state index < -0.39 is 11.9 Å². The smallest absolute Gasteiger partial charge is 0.306 e. The van der Waals surface area contributed by atoms with E-state index in [1.165, 1.54) is 0 Å². The molecule has 1 atom stereocenters. The van der Waals surface area contributed by atoms with E-state index in [9.17, 15) is 14.7 Å². The molecule has 1 rings (SSSR count). The van der Waals surface area contributed by atoms with Gasteiger partial charge in [0.2, 0.25) is 5.91 Å². The Morgan fingerprint density at radius 1 is 1.07 bits per heavy atom. The first-order valence-corrected chi connectivity index (χ1v) is 11.9. The molecular weight excluding hydrogens is 795 g/mol. The van der Waals surface area contributed by atoms with Gasteiger partial charge in [-0.2, -0.15) is 0 Å². The first-order chi connectivity index (χ1) is 12.8. The maximum absolute atomic E-state index is 12.3. The second-order valence-corrected chi connectivity index (χ2v) is 9.32. The van der Waals surface area contributed by atoms with Gasteiger partial charge in [-0.25, -0.2) is 0 Å². The monoisotopic (exact) mass is 822 g/mol. The molecule has 1 unspecified atom stereocenters. The summed E-state index contributed by atoms with van der Waals surface area (Å²) in [5, 5.41) is 18.6. The highest BCUT2D eigenvalue weighted by molar-refractivity contribution is 14.1. The Morgan fingerprint density at radius 3 is 2.20 bits per heavy atom. The quantitative estimate of drug-likeness (QED) is 0.163. The number of benzene rings is 1. The molecule has 0 saturated heterocycles. The normalized spacial score (nSPS) is 10.8. The number of carbonyl (C=O) groups excluding carboxylic acids is 1. The fraction of sp³-hybridized carbons (Fsp3) is 0.529. The number of nitrogens with two attached hydrogens (primary N) is 1. The van der Waals surface area contributed by atoms with E-state index in [2.05, 4.69) is 83.7 Å². The fourth-order valence-electron chi connectivity index (χ4n) is 2.37. The molecule has 6 N–H and O–H groups in total. The Hall–Kier alpha value is 1.10. The Morgan fingerprint density at radius 2 is 1.67 bits per heavy atom. The molecule has 0 aliphatic carbocycles. The molecule has 176 valence electrons. The van der Waals surface area contributed by atoms with E-state index >= 15 is 0 Å². The number of halogens is 6. The molecule has 0 radical (unpaired) electrons. The van der Waals surface area contributed by atoms with Crippen LogP contribution in [0.15, 0.2) is 6.07 Å². The second-order valence-electron chi connectivity index (χ2n) is 5.92. The van der Waals surface area contributed by atoms with Gasteiger partial charge in [-0.3, -0.25) is 9.59 Å². The molecule has 0 saturated carbocycles. The zero-order valence-electron chi connectivity index (χ0n) is 16.3. The lowest BCUT2D eigenvalue weighted by Gasteiger charge is -2.18. The number of nitrogens with one attached hydrogen (secondary N) is 3. The average Bonchev–Trinajstić information content (AvgIpc) is 2.61. The fourth-order valence-corrected chi connectivity index (χ4v) is 6.46. The standard InChI is InChI=1S/C17H25I3N4O3.3ClH/c1-2-10(17(26)27)7-11-12(18)8-13(19)16(15(11)20)24-14(25)9-23-6-5-22-4-3-21;;;/h8,10,22-23H,2-7,9,21H2,1H3,(H,24,25)(H,26,27);3*1H. The number of amides is 1. The number of rotatable bonds is 12. The molecule has 1 amide bonds. The van der Waals surface area contributed by atoms with Gasteiger partial charge >= 0.3 is 5.97 Å². The SMILES string of the molecule is CCC(Cc1c(I)cc(I)c(NC(=O)CNCCNCCN)c1I)C(=O)O.Cl.Cl.Cl. The largest absolute Gasteiger partial charge is 0.481 e. The minimum Gasteiger partial charge on any atom is -0.481 e. The molecule has 0 aromatic heterocycles. The van der Waals surface area contributed by atoms with Crippen LogP contribution in [0.2, 0.25) is 0 Å². The molecule has 0 aliphatic heterocycles. The molecule has 0 fully saturated rings. The van der Waals surface area contributed by atoms with Crippen LogP contribution >= 0.6 is 105 Å². The van der Waals surface area contributed by atoms with E-state index in [-0.39, 0.29) is 49.7 Å². The number of carboxylic acids is 1. The number of anilines is 1. The van der Waals surface area contributed by atoms with E-state index in [0.29, 0.717) is 25.9 Å². The molecule has 1 aromatic rings. The van der Waals surface area contributed by atoms with Gasteiger partial charge in [0, 0.05) is 36.9 Å². The highest BCUT2D eigenvalue weighted by Gasteiger charge is 2.22. The highest BCUT2D eigenvalue weighted by atomic mass is 127. The summed E-state index contributed by atoms with van der Waals surface area (Å²) in [5.74, 6) is -1.35. The Kier molecular flexibility index (Phi) is 23.3. The molecule has 0 heterocycles. The van der Waals surface area contributed by atoms with Crippen molar-refractivity contribution in [2.24, 2.45) is 11.7 Å². The molecule has 1 aromatic carbocycles. The van der Waals surface area contributed by atoms with Crippen LogP contribution in [0.1, 0.15) is 18.9 Å². The highest BCUT2D eigenvalue weighted by Crippen LogP contribution is 2.33. The van der Waals surface area contributed by atoms with Gasteiger partial charge in [0.15, 0.2) is 0 Å². The molecular formula is C17H28Cl3I3N4O3. The molecule has 30 heavy (non-hydrogen) atoms. The van der Waals surface area contributed by atoms with Crippen molar-refractivity contribution in [2.75, 3.05) is 38.0 Å². The summed E-state index contributed by atoms with van der Waals surface area (Å²) >= 11 is 6.62. The number of aliphatic carboxylic acids is 1. The van der Waals surface area contributed by atoms with Gasteiger partial charge in [-0.15, -0.1) is 37.2 Å². The van der Waals surface area contributed by atoms with Crippen molar-refractivity contribution in [1.82, 2.24) is 10.6 Å². The number of hydrogen-bond donors (Lipinski definition) is 5. The lowest BCUT2D eigenvalue weighted by atomic mass is 9.97. The van der Waals surface area contributed by atoms with Crippen molar-refractivity contribution in [2.45, 2.75) is 19.8 Å². The third-order valence-corrected chi connectivity index (χ3v) is 6.91. The summed E-state index contributed by atoms with van der Waals surface area (Å²) in [5.41, 5.74) is 7.12. The van der Waals surface area contributed by atoms with Crippen LogP contribution in [-0.2, 0) is 16.0 Å². The van der Waals surface area contributed by atoms with Gasteiger partial charge in [-0.05, 0) is 92.2 Å². The lowest BCUT2D eigenvalue weighted by molar-refractivity contribution is -0.141. The van der Waals surface area contributed by atoms with Crippen molar-refractivity contribution in [1.29, 1.82) is 0 Å². The Bertz CT molecular complexity index is 673. The van der Waals surface area contributed by atoms with Gasteiger partial charge in [0.05, 0.1) is 18.2 Å². The first-order valence-electron chi connectivity index (χ1n) is 8.62. The van der Waals surface area contributed by atoms with Crippen LogP contribution in [0.5, 0.6) is 0 Å². The van der Waals surface area contributed by atoms with Crippen LogP contribution in [0.4, 0.5) is 5.69 Å². The summed E-state index contributed by atoms with van der Waals surface area (Å²) in [6.07, 6.45) is 1.02. The van der Waals surface area contributed by atoms with E-state index in [1.807, 2.05) is 13.0 Å². The minimum absolute atomic E-state index is 0. The lowest BCUT2D eigenvalue weighted by Crippen LogP contribution is -2.35. The summed E-state index contributed by atoms with van der Waals surface area (Å²) in [6.45, 7) is 4.86. The van der Waals surface area contributed by atoms with Crippen LogP contribution in [-0.4, -0.2) is 49.7 Å². The molecule has 7 nitrogen and oxygen atoms in total. The molecule has 13 heteroatoms. The van der Waals surface area contributed by atoms with Crippen LogP contribution in [0, 0.1) is 16.6 Å². The number of carboxylic acid groups (broad SMARTS) is 1. The average molecular weight is 824 g/mol. The molecule has 0 aliphatic rings. The number of hydrogen-bond acceptors (Lipinski definition) is 5. The zero-order chi connectivity index (χ0) is 20.4. The third-order valence-electron chi connectivity index (χ3n) is 3.91. The third kappa shape index (κ3) is 12.4. The van der Waals surface area contributed by atoms with Gasteiger partial charge in [0.25, 0.3) is 0 Å². The second kappa shape index (κ2) is 19.6. The van der Waals surface area contributed by atoms with Crippen molar-refractivity contribution in [3.63, 3.8) is 0 Å². The minimum atomic E-state index is -0.791. The van der Waals surface area contributed by atoms with E-state index in [4.69, 9.17) is 5.73 Å². The number of carbonyl (C=O) groups is 2. The Labute approximate surface area is 237 Å².